The molecule has 0 aromatic heterocycles. The van der Waals surface area contributed by atoms with Crippen LogP contribution in [-0.4, -0.2) is 49.1 Å². The van der Waals surface area contributed by atoms with Gasteiger partial charge >= 0.3 is 11.9 Å². The van der Waals surface area contributed by atoms with Crippen LogP contribution in [-0.2, 0) is 28.7 Å². The molecule has 8 rings (SSSR count). The number of amides is 2. The van der Waals surface area contributed by atoms with Crippen LogP contribution in [0.2, 0.25) is 0 Å². The number of nitrogens with one attached hydrogen (secondary N) is 2. The molecule has 16 atom stereocenters. The van der Waals surface area contributed by atoms with Crippen LogP contribution in [0.5, 0.6) is 0 Å². The molecule has 8 aliphatic carbocycles. The number of unbranched alkanes of at least 4 members (excludes halogenated alkanes) is 3. The molecule has 2 amide bonds. The Morgan fingerprint density at radius 3 is 1.29 bits per heavy atom. The fourth-order valence-electron chi connectivity index (χ4n) is 19.7. The van der Waals surface area contributed by atoms with Gasteiger partial charge in [-0.15, -0.1) is 0 Å². The maximum Gasteiger partial charge on any atom is 0.306 e. The average molecular weight is 1050 g/mol. The first-order valence-electron chi connectivity index (χ1n) is 32.6. The Morgan fingerprint density at radius 1 is 0.487 bits per heavy atom. The van der Waals surface area contributed by atoms with Gasteiger partial charge in [-0.05, 0) is 195 Å². The molecule has 8 aliphatic rings. The van der Waals surface area contributed by atoms with Gasteiger partial charge in [0, 0.05) is 38.8 Å². The van der Waals surface area contributed by atoms with Crippen molar-refractivity contribution in [3.8, 4) is 0 Å². The summed E-state index contributed by atoms with van der Waals surface area (Å²) in [5.41, 5.74) is 4.49. The van der Waals surface area contributed by atoms with E-state index in [4.69, 9.17) is 9.47 Å². The second kappa shape index (κ2) is 25.9. The van der Waals surface area contributed by atoms with E-state index in [0.717, 1.165) is 135 Å². The number of hydrogen-bond acceptors (Lipinski definition) is 6. The molecule has 2 N–H and O–H groups in total. The molecular formula is C68H112N2O6. The lowest BCUT2D eigenvalue weighted by Crippen LogP contribution is -2.51. The fourth-order valence-corrected chi connectivity index (χ4v) is 19.7. The van der Waals surface area contributed by atoms with Crippen molar-refractivity contribution in [2.45, 2.75) is 274 Å². The Bertz CT molecular complexity index is 1900. The zero-order valence-corrected chi connectivity index (χ0v) is 50.3. The van der Waals surface area contributed by atoms with Crippen LogP contribution in [0, 0.1) is 92.7 Å². The highest BCUT2D eigenvalue weighted by Crippen LogP contribution is 2.69. The summed E-state index contributed by atoms with van der Waals surface area (Å²) in [6.45, 7) is 26.1. The Labute approximate surface area is 464 Å². The minimum absolute atomic E-state index is 0.0804. The standard InChI is InChI=1S/C68H112N2O6/c1-45(2)17-15-19-47(5)55-25-27-57-53-23-21-49-43-51(33-37-65(49,7)59(53)35-39-67(55,57)9)75-63(73)31-29-61(71)69-41-13-11-12-14-42-70-62(72)30-32-64(74)76-52-34-38-66(8)50(44-52)22-24-54-58-28-26-56(48(6)20-16-18-46(3)4)68(58,10)40-36-60(54)66/h21-22,45-48,51-60H,11-20,23-44H2,1-10H3,(H,69,71)(H,70,72)/t47-,48-,51+,52+,53+,54+,55-,56-,57+,58+,59+,60+,65+,66+,67-,68-/m1/s1. The van der Waals surface area contributed by atoms with Crippen molar-refractivity contribution in [2.75, 3.05) is 13.1 Å². The van der Waals surface area contributed by atoms with Gasteiger partial charge in [-0.1, -0.05) is 144 Å². The van der Waals surface area contributed by atoms with Gasteiger partial charge in [0.1, 0.15) is 12.2 Å². The molecule has 76 heavy (non-hydrogen) atoms. The van der Waals surface area contributed by atoms with Crippen LogP contribution in [0.3, 0.4) is 0 Å². The van der Waals surface area contributed by atoms with Crippen molar-refractivity contribution >= 4 is 23.8 Å². The first-order valence-corrected chi connectivity index (χ1v) is 32.6. The Morgan fingerprint density at radius 2 is 0.895 bits per heavy atom. The quantitative estimate of drug-likeness (QED) is 0.0535. The summed E-state index contributed by atoms with van der Waals surface area (Å²) in [6, 6.07) is 0. The normalized spacial score (nSPS) is 37.3. The van der Waals surface area contributed by atoms with E-state index in [0.29, 0.717) is 23.9 Å². The molecule has 8 heteroatoms. The van der Waals surface area contributed by atoms with E-state index in [2.05, 4.69) is 92.0 Å². The summed E-state index contributed by atoms with van der Waals surface area (Å²) < 4.78 is 12.1. The van der Waals surface area contributed by atoms with Crippen molar-refractivity contribution in [1.29, 1.82) is 0 Å². The van der Waals surface area contributed by atoms with Crippen molar-refractivity contribution in [2.24, 2.45) is 92.7 Å². The van der Waals surface area contributed by atoms with E-state index >= 15 is 0 Å². The Kier molecular flexibility index (Phi) is 20.2. The third-order valence-corrected chi connectivity index (χ3v) is 24.0. The molecule has 0 radical (unpaired) electrons. The number of allylic oxidation sites excluding steroid dienone is 2. The van der Waals surface area contributed by atoms with Crippen molar-refractivity contribution in [3.05, 3.63) is 23.3 Å². The van der Waals surface area contributed by atoms with E-state index in [1.54, 1.807) is 0 Å². The van der Waals surface area contributed by atoms with Gasteiger partial charge < -0.3 is 20.1 Å². The lowest BCUT2D eigenvalue weighted by molar-refractivity contribution is -0.153. The highest BCUT2D eigenvalue weighted by Gasteiger charge is 2.61. The predicted molar refractivity (Wildman–Crippen MR) is 309 cm³/mol. The van der Waals surface area contributed by atoms with E-state index < -0.39 is 0 Å². The van der Waals surface area contributed by atoms with E-state index in [1.165, 1.54) is 114 Å². The molecular weight excluding hydrogens is 941 g/mol. The largest absolute Gasteiger partial charge is 0.462 e. The van der Waals surface area contributed by atoms with Gasteiger partial charge in [-0.25, -0.2) is 0 Å². The SMILES string of the molecule is CC(C)CCC[C@@H](C)[C@H]1CC[C@H]2[C@@H]3CC=C4C[C@@H](OC(=O)CCC(=O)NCCCCCCNC(=O)CCC(=O)O[C@H]5CC[C@@]6(C)C(=CC[C@H]7[C@@H]8CC[C@H]([C@H](C)CCCC(C)C)[C@@]8(C)CC[C@@H]76)C5)CC[C@]4(C)[C@H]3CC[C@]12C. The van der Waals surface area contributed by atoms with E-state index in [-0.39, 0.29) is 72.5 Å². The van der Waals surface area contributed by atoms with Crippen molar-refractivity contribution < 1.29 is 28.7 Å². The summed E-state index contributed by atoms with van der Waals surface area (Å²) in [6.07, 6.45) is 36.6. The second-order valence-electron chi connectivity index (χ2n) is 29.4. The van der Waals surface area contributed by atoms with Crippen molar-refractivity contribution in [3.63, 3.8) is 0 Å². The first-order chi connectivity index (χ1) is 36.2. The van der Waals surface area contributed by atoms with Crippen LogP contribution in [0.1, 0.15) is 262 Å². The number of hydrogen-bond donors (Lipinski definition) is 2. The molecule has 8 nitrogen and oxygen atoms in total. The third kappa shape index (κ3) is 13.4. The van der Waals surface area contributed by atoms with Gasteiger partial charge in [0.15, 0.2) is 0 Å². The summed E-state index contributed by atoms with van der Waals surface area (Å²) in [5, 5.41) is 5.98. The summed E-state index contributed by atoms with van der Waals surface area (Å²) in [5.74, 6) is 9.06. The highest BCUT2D eigenvalue weighted by molar-refractivity contribution is 5.82. The van der Waals surface area contributed by atoms with Crippen LogP contribution in [0.25, 0.3) is 0 Å². The zero-order chi connectivity index (χ0) is 54.4. The summed E-state index contributed by atoms with van der Waals surface area (Å²) in [7, 11) is 0. The van der Waals surface area contributed by atoms with Gasteiger partial charge in [0.2, 0.25) is 11.8 Å². The molecule has 0 saturated heterocycles. The molecule has 0 unspecified atom stereocenters. The van der Waals surface area contributed by atoms with Gasteiger partial charge in [0.25, 0.3) is 0 Å². The molecule has 0 heterocycles. The monoisotopic (exact) mass is 1050 g/mol. The molecule has 6 saturated carbocycles. The average Bonchev–Trinajstić information content (AvgIpc) is 3.93. The van der Waals surface area contributed by atoms with Crippen LogP contribution < -0.4 is 10.6 Å². The van der Waals surface area contributed by atoms with Gasteiger partial charge in [-0.3, -0.25) is 19.2 Å². The lowest BCUT2D eigenvalue weighted by atomic mass is 9.47. The van der Waals surface area contributed by atoms with Gasteiger partial charge in [-0.2, -0.15) is 0 Å². The molecule has 0 spiro atoms. The van der Waals surface area contributed by atoms with Crippen molar-refractivity contribution in [1.82, 2.24) is 10.6 Å². The summed E-state index contributed by atoms with van der Waals surface area (Å²) >= 11 is 0. The minimum atomic E-state index is -0.252. The fraction of sp³-hybridized carbons (Fsp3) is 0.882. The number of rotatable bonds is 25. The first kappa shape index (κ1) is 59.5. The number of fused-ring (bicyclic) bond motifs is 10. The van der Waals surface area contributed by atoms with E-state index in [9.17, 15) is 19.2 Å². The summed E-state index contributed by atoms with van der Waals surface area (Å²) in [4.78, 5) is 51.3. The lowest BCUT2D eigenvalue weighted by Gasteiger charge is -2.58. The Hall–Kier alpha value is -2.64. The Balaban J connectivity index is 0.645. The van der Waals surface area contributed by atoms with Crippen LogP contribution in [0.15, 0.2) is 23.3 Å². The maximum absolute atomic E-state index is 13.0. The number of ether oxygens (including phenoxy) is 2. The number of carbonyl (C=O) groups excluding carboxylic acids is 4. The number of carbonyl (C=O) groups is 4. The minimum Gasteiger partial charge on any atom is -0.462 e. The second-order valence-corrected chi connectivity index (χ2v) is 29.4. The zero-order valence-electron chi connectivity index (χ0n) is 50.3. The topological polar surface area (TPSA) is 111 Å². The number of esters is 2. The third-order valence-electron chi connectivity index (χ3n) is 24.0. The highest BCUT2D eigenvalue weighted by atomic mass is 16.5. The molecule has 0 aromatic rings. The van der Waals surface area contributed by atoms with Crippen LogP contribution in [0.4, 0.5) is 0 Å². The smallest absolute Gasteiger partial charge is 0.306 e. The van der Waals surface area contributed by atoms with Gasteiger partial charge in [0.05, 0.1) is 12.8 Å². The molecule has 430 valence electrons. The van der Waals surface area contributed by atoms with Crippen LogP contribution >= 0.6 is 0 Å². The predicted octanol–water partition coefficient (Wildman–Crippen LogP) is 16.2. The maximum atomic E-state index is 13.0. The molecule has 6 fully saturated rings. The molecule has 0 aromatic carbocycles. The van der Waals surface area contributed by atoms with E-state index in [1.807, 2.05) is 0 Å². The molecule has 0 aliphatic heterocycles. The molecule has 0 bridgehead atoms.